The molecule has 2 heterocycles. The number of halogens is 1. The molecule has 0 aliphatic heterocycles. The van der Waals surface area contributed by atoms with E-state index in [4.69, 9.17) is 0 Å². The maximum Gasteiger partial charge on any atom is 0.247 e. The molecule has 0 atom stereocenters. The highest BCUT2D eigenvalue weighted by molar-refractivity contribution is 9.10. The van der Waals surface area contributed by atoms with Crippen molar-refractivity contribution in [3.8, 4) is 0 Å². The maximum atomic E-state index is 11.7. The number of aromatic nitrogens is 3. The normalized spacial score (nSPS) is 10.5. The molecule has 0 bridgehead atoms. The zero-order valence-corrected chi connectivity index (χ0v) is 11.8. The molecule has 0 spiro atoms. The number of carbonyl (C=O) groups is 1. The third-order valence-corrected chi connectivity index (χ3v) is 3.58. The van der Waals surface area contributed by atoms with Crippen molar-refractivity contribution >= 4 is 38.3 Å². The van der Waals surface area contributed by atoms with Gasteiger partial charge < -0.3 is 5.32 Å². The van der Waals surface area contributed by atoms with E-state index in [1.54, 1.807) is 17.1 Å². The molecule has 7 heteroatoms. The first-order valence-electron chi connectivity index (χ1n) is 4.96. The Morgan fingerprint density at radius 3 is 2.88 bits per heavy atom. The first-order chi connectivity index (χ1) is 8.04. The highest BCUT2D eigenvalue weighted by Crippen LogP contribution is 2.20. The smallest absolute Gasteiger partial charge is 0.247 e. The summed E-state index contributed by atoms with van der Waals surface area (Å²) in [5, 5.41) is 7.40. The van der Waals surface area contributed by atoms with Crippen LogP contribution in [0.25, 0.3) is 0 Å². The number of carbonyl (C=O) groups excluding carboxylic acids is 1. The van der Waals surface area contributed by atoms with Crippen LogP contribution in [0.1, 0.15) is 10.6 Å². The van der Waals surface area contributed by atoms with Gasteiger partial charge in [-0.05, 0) is 29.8 Å². The van der Waals surface area contributed by atoms with E-state index in [0.29, 0.717) is 5.13 Å². The number of hydrogen-bond donors (Lipinski definition) is 1. The second kappa shape index (κ2) is 4.97. The summed E-state index contributed by atoms with van der Waals surface area (Å²) < 4.78 is 2.42. The van der Waals surface area contributed by atoms with Crippen LogP contribution < -0.4 is 5.32 Å². The average Bonchev–Trinajstić information content (AvgIpc) is 2.75. The maximum absolute atomic E-state index is 11.7. The number of rotatable bonds is 3. The SMILES string of the molecule is Cc1nc(NC(=O)Cn2cc(Br)cn2)sc1C. The summed E-state index contributed by atoms with van der Waals surface area (Å²) in [7, 11) is 0. The van der Waals surface area contributed by atoms with Crippen molar-refractivity contribution in [2.24, 2.45) is 0 Å². The van der Waals surface area contributed by atoms with Gasteiger partial charge in [-0.2, -0.15) is 5.10 Å². The Bertz CT molecular complexity index is 529. The first kappa shape index (κ1) is 12.3. The molecule has 0 radical (unpaired) electrons. The van der Waals surface area contributed by atoms with Crippen LogP contribution in [0.5, 0.6) is 0 Å². The van der Waals surface area contributed by atoms with Crippen molar-refractivity contribution < 1.29 is 4.79 Å². The third kappa shape index (κ3) is 3.13. The molecule has 90 valence electrons. The van der Waals surface area contributed by atoms with Crippen LogP contribution in [0.2, 0.25) is 0 Å². The van der Waals surface area contributed by atoms with Gasteiger partial charge >= 0.3 is 0 Å². The van der Waals surface area contributed by atoms with Gasteiger partial charge in [0.05, 0.1) is 16.4 Å². The molecule has 0 saturated carbocycles. The number of thiazole rings is 1. The van der Waals surface area contributed by atoms with Crippen molar-refractivity contribution in [1.82, 2.24) is 14.8 Å². The molecule has 17 heavy (non-hydrogen) atoms. The number of anilines is 1. The van der Waals surface area contributed by atoms with E-state index in [0.717, 1.165) is 15.0 Å². The summed E-state index contributed by atoms with van der Waals surface area (Å²) in [6.45, 7) is 4.09. The lowest BCUT2D eigenvalue weighted by Gasteiger charge is -2.01. The summed E-state index contributed by atoms with van der Waals surface area (Å²) in [5.41, 5.74) is 0.951. The van der Waals surface area contributed by atoms with E-state index < -0.39 is 0 Å². The third-order valence-electron chi connectivity index (χ3n) is 2.18. The van der Waals surface area contributed by atoms with E-state index in [-0.39, 0.29) is 12.5 Å². The summed E-state index contributed by atoms with van der Waals surface area (Å²) in [6.07, 6.45) is 3.39. The Balaban J connectivity index is 1.97. The summed E-state index contributed by atoms with van der Waals surface area (Å²) in [4.78, 5) is 17.0. The lowest BCUT2D eigenvalue weighted by molar-refractivity contribution is -0.116. The van der Waals surface area contributed by atoms with Gasteiger partial charge in [-0.1, -0.05) is 0 Å². The average molecular weight is 315 g/mol. The summed E-state index contributed by atoms with van der Waals surface area (Å²) in [5.74, 6) is -0.130. The topological polar surface area (TPSA) is 59.8 Å². The second-order valence-corrected chi connectivity index (χ2v) is 5.68. The molecule has 5 nitrogen and oxygen atoms in total. The van der Waals surface area contributed by atoms with Crippen LogP contribution in [0.3, 0.4) is 0 Å². The van der Waals surface area contributed by atoms with Crippen molar-refractivity contribution in [3.05, 3.63) is 27.4 Å². The zero-order valence-electron chi connectivity index (χ0n) is 9.40. The van der Waals surface area contributed by atoms with Gasteiger partial charge in [0.15, 0.2) is 5.13 Å². The number of amides is 1. The molecule has 0 aromatic carbocycles. The lowest BCUT2D eigenvalue weighted by atomic mass is 10.4. The minimum Gasteiger partial charge on any atom is -0.300 e. The molecule has 1 N–H and O–H groups in total. The fourth-order valence-electron chi connectivity index (χ4n) is 1.26. The monoisotopic (exact) mass is 314 g/mol. The van der Waals surface area contributed by atoms with Gasteiger partial charge in [-0.15, -0.1) is 11.3 Å². The summed E-state index contributed by atoms with van der Waals surface area (Å²) in [6, 6.07) is 0. The number of nitrogens with zero attached hydrogens (tertiary/aromatic N) is 3. The number of hydrogen-bond acceptors (Lipinski definition) is 4. The van der Waals surface area contributed by atoms with E-state index in [9.17, 15) is 4.79 Å². The predicted molar refractivity (Wildman–Crippen MR) is 70.1 cm³/mol. The standard InChI is InChI=1S/C10H11BrN4OS/c1-6-7(2)17-10(13-6)14-9(16)5-15-4-8(11)3-12-15/h3-4H,5H2,1-2H3,(H,13,14,16). The van der Waals surface area contributed by atoms with Gasteiger partial charge in [0.25, 0.3) is 0 Å². The van der Waals surface area contributed by atoms with E-state index in [2.05, 4.69) is 31.3 Å². The second-order valence-electron chi connectivity index (χ2n) is 3.56. The van der Waals surface area contributed by atoms with Crippen LogP contribution >= 0.6 is 27.3 Å². The Morgan fingerprint density at radius 2 is 2.35 bits per heavy atom. The highest BCUT2D eigenvalue weighted by atomic mass is 79.9. The molecule has 2 aromatic heterocycles. The highest BCUT2D eigenvalue weighted by Gasteiger charge is 2.08. The van der Waals surface area contributed by atoms with Gasteiger partial charge in [0.2, 0.25) is 5.91 Å². The van der Waals surface area contributed by atoms with Gasteiger partial charge in [0, 0.05) is 11.1 Å². The predicted octanol–water partition coefficient (Wildman–Crippen LogP) is 2.36. The molecule has 0 unspecified atom stereocenters. The van der Waals surface area contributed by atoms with Gasteiger partial charge in [-0.25, -0.2) is 4.98 Å². The molecule has 2 rings (SSSR count). The first-order valence-corrected chi connectivity index (χ1v) is 6.57. The van der Waals surface area contributed by atoms with E-state index in [1.165, 1.54) is 11.3 Å². The van der Waals surface area contributed by atoms with Gasteiger partial charge in [-0.3, -0.25) is 9.48 Å². The van der Waals surface area contributed by atoms with Crippen LogP contribution in [-0.2, 0) is 11.3 Å². The Kier molecular flexibility index (Phi) is 3.58. The van der Waals surface area contributed by atoms with Crippen LogP contribution in [-0.4, -0.2) is 20.7 Å². The van der Waals surface area contributed by atoms with E-state index in [1.807, 2.05) is 13.8 Å². The summed E-state index contributed by atoms with van der Waals surface area (Å²) >= 11 is 4.75. The number of aryl methyl sites for hydroxylation is 2. The van der Waals surface area contributed by atoms with Crippen molar-refractivity contribution in [1.29, 1.82) is 0 Å². The molecule has 0 aliphatic carbocycles. The van der Waals surface area contributed by atoms with Gasteiger partial charge in [0.1, 0.15) is 6.54 Å². The number of nitrogens with one attached hydrogen (secondary N) is 1. The molecule has 2 aromatic rings. The minimum atomic E-state index is -0.130. The van der Waals surface area contributed by atoms with Crippen molar-refractivity contribution in [3.63, 3.8) is 0 Å². The molecule has 0 saturated heterocycles. The Hall–Kier alpha value is -1.21. The molecule has 1 amide bonds. The molecule has 0 aliphatic rings. The van der Waals surface area contributed by atoms with Crippen LogP contribution in [0, 0.1) is 13.8 Å². The van der Waals surface area contributed by atoms with E-state index >= 15 is 0 Å². The largest absolute Gasteiger partial charge is 0.300 e. The molecular formula is C10H11BrN4OS. The quantitative estimate of drug-likeness (QED) is 0.946. The fourth-order valence-corrected chi connectivity index (χ4v) is 2.42. The lowest BCUT2D eigenvalue weighted by Crippen LogP contribution is -2.18. The minimum absolute atomic E-state index is 0.130. The van der Waals surface area contributed by atoms with Crippen LogP contribution in [0.4, 0.5) is 5.13 Å². The Labute approximate surface area is 111 Å². The van der Waals surface area contributed by atoms with Crippen molar-refractivity contribution in [2.45, 2.75) is 20.4 Å². The fraction of sp³-hybridized carbons (Fsp3) is 0.300. The zero-order chi connectivity index (χ0) is 12.4. The Morgan fingerprint density at radius 1 is 1.59 bits per heavy atom. The molecular weight excluding hydrogens is 304 g/mol. The van der Waals surface area contributed by atoms with Crippen LogP contribution in [0.15, 0.2) is 16.9 Å². The molecule has 0 fully saturated rings. The van der Waals surface area contributed by atoms with Crippen molar-refractivity contribution in [2.75, 3.05) is 5.32 Å².